The van der Waals surface area contributed by atoms with Crippen LogP contribution in [0.4, 0.5) is 0 Å². The number of H-pyrrole nitrogens is 1. The fraction of sp³-hybridized carbons (Fsp3) is 0.292. The second kappa shape index (κ2) is 9.15. The summed E-state index contributed by atoms with van der Waals surface area (Å²) < 4.78 is 13.4. The van der Waals surface area contributed by atoms with Crippen molar-refractivity contribution in [2.45, 2.75) is 25.4 Å². The smallest absolute Gasteiger partial charge is 0.210 e. The van der Waals surface area contributed by atoms with Crippen molar-refractivity contribution in [3.05, 3.63) is 70.6 Å². The van der Waals surface area contributed by atoms with E-state index in [0.29, 0.717) is 29.7 Å². The average Bonchev–Trinajstić information content (AvgIpc) is 3.49. The van der Waals surface area contributed by atoms with E-state index in [-0.39, 0.29) is 6.04 Å². The highest BCUT2D eigenvalue weighted by atomic mass is 35.5. The molecule has 1 aliphatic heterocycles. The largest absolute Gasteiger partial charge is 0.493 e. The Balaban J connectivity index is 1.42. The zero-order valence-corrected chi connectivity index (χ0v) is 19.0. The van der Waals surface area contributed by atoms with Gasteiger partial charge in [-0.05, 0) is 47.9 Å². The van der Waals surface area contributed by atoms with Crippen LogP contribution in [0.1, 0.15) is 29.3 Å². The van der Waals surface area contributed by atoms with Crippen LogP contribution in [0.3, 0.4) is 0 Å². The number of fused-ring (bicyclic) bond motifs is 3. The Morgan fingerprint density at radius 3 is 2.94 bits per heavy atom. The molecule has 0 saturated heterocycles. The number of amides is 1. The summed E-state index contributed by atoms with van der Waals surface area (Å²) in [5, 5.41) is 9.56. The number of nitrogens with zero attached hydrogens (tertiary/aromatic N) is 4. The van der Waals surface area contributed by atoms with E-state index in [9.17, 15) is 4.79 Å². The van der Waals surface area contributed by atoms with Gasteiger partial charge in [-0.15, -0.1) is 5.10 Å². The third-order valence-corrected chi connectivity index (χ3v) is 6.26. The molecule has 8 nitrogen and oxygen atoms in total. The van der Waals surface area contributed by atoms with E-state index in [0.717, 1.165) is 48.0 Å². The fourth-order valence-corrected chi connectivity index (χ4v) is 4.66. The lowest BCUT2D eigenvalue weighted by atomic mass is 9.92. The summed E-state index contributed by atoms with van der Waals surface area (Å²) in [4.78, 5) is 17.3. The number of aryl methyl sites for hydroxylation is 1. The Bertz CT molecular complexity index is 1270. The monoisotopic (exact) mass is 465 g/mol. The number of hydrogen-bond donors (Lipinski definition) is 1. The lowest BCUT2D eigenvalue weighted by Crippen LogP contribution is -2.35. The molecule has 0 fully saturated rings. The molecule has 0 spiro atoms. The third-order valence-electron chi connectivity index (χ3n) is 6.03. The predicted octanol–water partition coefficient (Wildman–Crippen LogP) is 3.99. The van der Waals surface area contributed by atoms with Crippen LogP contribution in [0.5, 0.6) is 11.5 Å². The summed E-state index contributed by atoms with van der Waals surface area (Å²) in [5.74, 6) is 1.29. The van der Waals surface area contributed by atoms with Gasteiger partial charge in [0.15, 0.2) is 11.5 Å². The maximum Gasteiger partial charge on any atom is 0.210 e. The molecule has 1 unspecified atom stereocenters. The molecule has 33 heavy (non-hydrogen) atoms. The van der Waals surface area contributed by atoms with Crippen molar-refractivity contribution in [3.63, 3.8) is 0 Å². The van der Waals surface area contributed by atoms with E-state index in [4.69, 9.17) is 21.1 Å². The van der Waals surface area contributed by atoms with Crippen molar-refractivity contribution < 1.29 is 14.3 Å². The first-order chi connectivity index (χ1) is 16.2. The summed E-state index contributed by atoms with van der Waals surface area (Å²) in [7, 11) is 1.62. The Kier molecular flexibility index (Phi) is 5.92. The molecule has 0 bridgehead atoms. The molecule has 2 aromatic carbocycles. The van der Waals surface area contributed by atoms with Gasteiger partial charge >= 0.3 is 0 Å². The van der Waals surface area contributed by atoms with Gasteiger partial charge < -0.3 is 19.4 Å². The van der Waals surface area contributed by atoms with Crippen LogP contribution < -0.4 is 9.47 Å². The van der Waals surface area contributed by atoms with Gasteiger partial charge in [0.2, 0.25) is 6.41 Å². The van der Waals surface area contributed by atoms with Crippen molar-refractivity contribution in [3.8, 4) is 11.5 Å². The molecule has 4 aromatic rings. The van der Waals surface area contributed by atoms with E-state index >= 15 is 0 Å². The molecular weight excluding hydrogens is 442 g/mol. The van der Waals surface area contributed by atoms with Crippen LogP contribution in [0.2, 0.25) is 5.02 Å². The number of carbonyl (C=O) groups excluding carboxylic acids is 1. The highest BCUT2D eigenvalue weighted by molar-refractivity contribution is 6.31. The Morgan fingerprint density at radius 2 is 2.15 bits per heavy atom. The SMILES string of the molecule is COc1cc(C2c3[nH]c4ccc(Cl)cc4c3CCN2C=O)ccc1OCCCn1ccnn1. The zero-order valence-electron chi connectivity index (χ0n) is 18.2. The van der Waals surface area contributed by atoms with Crippen LogP contribution in [-0.2, 0) is 17.8 Å². The number of halogens is 1. The van der Waals surface area contributed by atoms with E-state index in [1.165, 1.54) is 5.56 Å². The maximum atomic E-state index is 11.9. The van der Waals surface area contributed by atoms with Crippen molar-refractivity contribution in [1.29, 1.82) is 0 Å². The minimum atomic E-state index is -0.243. The second-order valence-electron chi connectivity index (χ2n) is 7.98. The van der Waals surface area contributed by atoms with Crippen LogP contribution in [0, 0.1) is 0 Å². The summed E-state index contributed by atoms with van der Waals surface area (Å²) in [6.07, 6.45) is 5.95. The highest BCUT2D eigenvalue weighted by Gasteiger charge is 2.31. The first kappa shape index (κ1) is 21.3. The summed E-state index contributed by atoms with van der Waals surface area (Å²) >= 11 is 6.25. The van der Waals surface area contributed by atoms with Gasteiger partial charge in [0.25, 0.3) is 0 Å². The minimum Gasteiger partial charge on any atom is -0.493 e. The first-order valence-corrected chi connectivity index (χ1v) is 11.2. The predicted molar refractivity (Wildman–Crippen MR) is 125 cm³/mol. The molecule has 2 aromatic heterocycles. The quantitative estimate of drug-likeness (QED) is 0.314. The summed E-state index contributed by atoms with van der Waals surface area (Å²) in [5.41, 5.74) is 4.17. The van der Waals surface area contributed by atoms with Gasteiger partial charge in [-0.25, -0.2) is 0 Å². The number of aromatic amines is 1. The molecule has 0 saturated carbocycles. The van der Waals surface area contributed by atoms with E-state index in [1.54, 1.807) is 18.0 Å². The Morgan fingerprint density at radius 1 is 1.24 bits per heavy atom. The number of carbonyl (C=O) groups is 1. The van der Waals surface area contributed by atoms with Crippen LogP contribution in [0.15, 0.2) is 48.8 Å². The fourth-order valence-electron chi connectivity index (χ4n) is 4.49. The van der Waals surface area contributed by atoms with Crippen molar-refractivity contribution in [2.24, 2.45) is 0 Å². The number of aromatic nitrogens is 4. The van der Waals surface area contributed by atoms with Gasteiger partial charge in [0.1, 0.15) is 0 Å². The molecule has 1 N–H and O–H groups in total. The zero-order chi connectivity index (χ0) is 22.8. The topological polar surface area (TPSA) is 85.3 Å². The van der Waals surface area contributed by atoms with E-state index < -0.39 is 0 Å². The maximum absolute atomic E-state index is 11.9. The molecule has 5 rings (SSSR count). The molecular formula is C24H24ClN5O3. The first-order valence-electron chi connectivity index (χ1n) is 10.8. The third kappa shape index (κ3) is 4.14. The molecule has 0 radical (unpaired) electrons. The molecule has 9 heteroatoms. The van der Waals surface area contributed by atoms with Crippen molar-refractivity contribution in [2.75, 3.05) is 20.3 Å². The van der Waals surface area contributed by atoms with Gasteiger partial charge in [-0.3, -0.25) is 9.48 Å². The molecule has 170 valence electrons. The number of benzene rings is 2. The van der Waals surface area contributed by atoms with Crippen LogP contribution in [-0.4, -0.2) is 51.5 Å². The molecule has 1 amide bonds. The lowest BCUT2D eigenvalue weighted by Gasteiger charge is -2.33. The molecule has 1 aliphatic rings. The molecule has 0 aliphatic carbocycles. The summed E-state index contributed by atoms with van der Waals surface area (Å²) in [6, 6.07) is 11.4. The van der Waals surface area contributed by atoms with Crippen LogP contribution in [0.25, 0.3) is 10.9 Å². The Hall–Kier alpha value is -3.52. The Labute approximate surface area is 196 Å². The number of rotatable bonds is 8. The number of ether oxygens (including phenoxy) is 2. The normalized spacial score (nSPS) is 15.5. The lowest BCUT2D eigenvalue weighted by molar-refractivity contribution is -0.120. The number of methoxy groups -OCH3 is 1. The van der Waals surface area contributed by atoms with Crippen LogP contribution >= 0.6 is 11.6 Å². The van der Waals surface area contributed by atoms with Crippen molar-refractivity contribution >= 4 is 28.9 Å². The summed E-state index contributed by atoms with van der Waals surface area (Å²) in [6.45, 7) is 1.87. The van der Waals surface area contributed by atoms with Gasteiger partial charge in [0, 0.05) is 47.3 Å². The van der Waals surface area contributed by atoms with Gasteiger partial charge in [0.05, 0.1) is 26.0 Å². The second-order valence-corrected chi connectivity index (χ2v) is 8.42. The molecule has 1 atom stereocenters. The van der Waals surface area contributed by atoms with E-state index in [1.807, 2.05) is 47.5 Å². The highest BCUT2D eigenvalue weighted by Crippen LogP contribution is 2.40. The molecule has 3 heterocycles. The minimum absolute atomic E-state index is 0.243. The van der Waals surface area contributed by atoms with E-state index in [2.05, 4.69) is 15.3 Å². The number of nitrogens with one attached hydrogen (secondary N) is 1. The average molecular weight is 466 g/mol. The van der Waals surface area contributed by atoms with Crippen molar-refractivity contribution in [1.82, 2.24) is 24.9 Å². The van der Waals surface area contributed by atoms with Gasteiger partial charge in [-0.2, -0.15) is 0 Å². The van der Waals surface area contributed by atoms with Gasteiger partial charge in [-0.1, -0.05) is 22.9 Å². The number of hydrogen-bond acceptors (Lipinski definition) is 5. The standard InChI is InChI=1S/C24H24ClN5O3/c1-32-22-13-16(3-6-21(22)33-12-2-9-30-11-8-26-28-30)24-23-18(7-10-29(24)15-31)19-14-17(25)4-5-20(19)27-23/h3-6,8,11,13-15,24,27H,2,7,9-10,12H2,1H3.